The number of aromatic nitrogens is 2. The molecule has 0 amide bonds. The highest BCUT2D eigenvalue weighted by atomic mass is 32.1. The molecular formula is C16H21N5O2S. The van der Waals surface area contributed by atoms with E-state index in [9.17, 15) is 10.1 Å². The molecule has 8 heteroatoms. The van der Waals surface area contributed by atoms with Crippen molar-refractivity contribution < 1.29 is 4.92 Å². The molecule has 3 unspecified atom stereocenters. The van der Waals surface area contributed by atoms with Gasteiger partial charge in [0.2, 0.25) is 5.82 Å². The Hall–Kier alpha value is -1.67. The molecule has 3 fully saturated rings. The van der Waals surface area contributed by atoms with Crippen molar-refractivity contribution in [3.05, 3.63) is 21.7 Å². The minimum absolute atomic E-state index is 0.111. The first-order valence-electron chi connectivity index (χ1n) is 8.79. The monoisotopic (exact) mass is 347 g/mol. The predicted molar refractivity (Wildman–Crippen MR) is 92.7 cm³/mol. The third-order valence-corrected chi connectivity index (χ3v) is 6.93. The van der Waals surface area contributed by atoms with E-state index in [4.69, 9.17) is 0 Å². The number of fused-ring (bicyclic) bond motifs is 3. The standard InChI is InChI=1S/C16H21N5O2S/c22-21(23)15-14(17-16-20(15)7-8-24-16)19-5-3-18(4-6-19)13-10-11-1-2-12(13)9-11/h7-8,11-13H,1-6,9-10H2. The van der Waals surface area contributed by atoms with E-state index in [1.807, 2.05) is 5.38 Å². The predicted octanol–water partition coefficient (Wildman–Crippen LogP) is 2.61. The summed E-state index contributed by atoms with van der Waals surface area (Å²) >= 11 is 1.44. The second kappa shape index (κ2) is 5.42. The zero-order chi connectivity index (χ0) is 16.3. The van der Waals surface area contributed by atoms with Gasteiger partial charge in [0, 0.05) is 37.6 Å². The van der Waals surface area contributed by atoms with E-state index in [2.05, 4.69) is 14.8 Å². The largest absolute Gasteiger partial charge is 0.373 e. The van der Waals surface area contributed by atoms with E-state index >= 15 is 0 Å². The van der Waals surface area contributed by atoms with E-state index in [0.717, 1.165) is 44.1 Å². The Morgan fingerprint density at radius 3 is 2.71 bits per heavy atom. The van der Waals surface area contributed by atoms with Crippen molar-refractivity contribution in [3.8, 4) is 0 Å². The van der Waals surface area contributed by atoms with Crippen molar-refractivity contribution in [3.63, 3.8) is 0 Å². The maximum Gasteiger partial charge on any atom is 0.373 e. The van der Waals surface area contributed by atoms with Gasteiger partial charge < -0.3 is 15.0 Å². The van der Waals surface area contributed by atoms with E-state index in [0.29, 0.717) is 10.8 Å². The molecule has 2 bridgehead atoms. The molecule has 2 aromatic rings. The molecule has 0 N–H and O–H groups in total. The number of imidazole rings is 1. The van der Waals surface area contributed by atoms with Crippen LogP contribution < -0.4 is 4.90 Å². The van der Waals surface area contributed by atoms with Gasteiger partial charge in [-0.2, -0.15) is 9.38 Å². The molecule has 3 aliphatic rings. The van der Waals surface area contributed by atoms with Crippen LogP contribution in [0.25, 0.3) is 4.96 Å². The molecule has 3 atom stereocenters. The molecule has 2 aliphatic carbocycles. The summed E-state index contributed by atoms with van der Waals surface area (Å²) in [5, 5.41) is 13.3. The van der Waals surface area contributed by atoms with Crippen molar-refractivity contribution in [2.24, 2.45) is 11.8 Å². The van der Waals surface area contributed by atoms with Crippen LogP contribution in [-0.4, -0.2) is 51.4 Å². The third-order valence-electron chi connectivity index (χ3n) is 6.18. The number of thiazole rings is 1. The van der Waals surface area contributed by atoms with Crippen LogP contribution >= 0.6 is 11.3 Å². The summed E-state index contributed by atoms with van der Waals surface area (Å²) in [6.45, 7) is 3.66. The Labute approximate surface area is 144 Å². The Morgan fingerprint density at radius 1 is 1.21 bits per heavy atom. The van der Waals surface area contributed by atoms with Gasteiger partial charge in [0.25, 0.3) is 4.96 Å². The van der Waals surface area contributed by atoms with Crippen molar-refractivity contribution >= 4 is 27.9 Å². The molecule has 1 aliphatic heterocycles. The highest BCUT2D eigenvalue weighted by molar-refractivity contribution is 7.15. The average molecular weight is 347 g/mol. The highest BCUT2D eigenvalue weighted by Gasteiger charge is 2.43. The fourth-order valence-electron chi connectivity index (χ4n) is 5.07. The smallest absolute Gasteiger partial charge is 0.358 e. The lowest BCUT2D eigenvalue weighted by Crippen LogP contribution is -2.52. The number of nitrogens with zero attached hydrogens (tertiary/aromatic N) is 5. The van der Waals surface area contributed by atoms with E-state index < -0.39 is 0 Å². The zero-order valence-electron chi connectivity index (χ0n) is 13.5. The third kappa shape index (κ3) is 2.16. The van der Waals surface area contributed by atoms with Gasteiger partial charge in [-0.05, 0) is 36.0 Å². The summed E-state index contributed by atoms with van der Waals surface area (Å²) in [4.78, 5) is 21.2. The molecule has 1 saturated heterocycles. The summed E-state index contributed by atoms with van der Waals surface area (Å²) < 4.78 is 1.60. The van der Waals surface area contributed by atoms with Crippen molar-refractivity contribution in [1.29, 1.82) is 0 Å². The minimum atomic E-state index is -0.301. The van der Waals surface area contributed by atoms with E-state index in [-0.39, 0.29) is 10.7 Å². The van der Waals surface area contributed by atoms with Crippen molar-refractivity contribution in [2.75, 3.05) is 31.1 Å². The van der Waals surface area contributed by atoms with Crippen LogP contribution in [0.4, 0.5) is 11.6 Å². The first kappa shape index (κ1) is 14.7. The fourth-order valence-corrected chi connectivity index (χ4v) is 5.77. The summed E-state index contributed by atoms with van der Waals surface area (Å²) in [6.07, 6.45) is 7.36. The van der Waals surface area contributed by atoms with Gasteiger partial charge in [0.15, 0.2) is 0 Å². The van der Waals surface area contributed by atoms with Crippen LogP contribution in [0.1, 0.15) is 25.7 Å². The van der Waals surface area contributed by atoms with Gasteiger partial charge in [-0.25, -0.2) is 0 Å². The second-order valence-corrected chi connectivity index (χ2v) is 8.21. The van der Waals surface area contributed by atoms with Crippen molar-refractivity contribution in [2.45, 2.75) is 31.7 Å². The number of rotatable bonds is 3. The van der Waals surface area contributed by atoms with Gasteiger partial charge in [0.1, 0.15) is 6.20 Å². The molecule has 0 radical (unpaired) electrons. The fraction of sp³-hybridized carbons (Fsp3) is 0.688. The quantitative estimate of drug-likeness (QED) is 0.631. The summed E-state index contributed by atoms with van der Waals surface area (Å²) in [7, 11) is 0. The maximum absolute atomic E-state index is 11.5. The molecule has 0 aromatic carbocycles. The normalized spacial score (nSPS) is 30.5. The topological polar surface area (TPSA) is 66.9 Å². The SMILES string of the molecule is O=[N+]([O-])c1c(N2CCN(C3CC4CCC3C4)CC2)nc2sccn12. The van der Waals surface area contributed by atoms with Crippen LogP contribution in [0.5, 0.6) is 0 Å². The summed E-state index contributed by atoms with van der Waals surface area (Å²) in [5.41, 5.74) is 0. The van der Waals surface area contributed by atoms with Gasteiger partial charge in [0.05, 0.1) is 0 Å². The molecule has 2 aromatic heterocycles. The Kier molecular flexibility index (Phi) is 3.31. The number of hydrogen-bond acceptors (Lipinski definition) is 6. The Bertz CT molecular complexity index is 779. The molecule has 3 heterocycles. The highest BCUT2D eigenvalue weighted by Crippen LogP contribution is 2.46. The lowest BCUT2D eigenvalue weighted by Gasteiger charge is -2.40. The van der Waals surface area contributed by atoms with Crippen LogP contribution in [0, 0.1) is 22.0 Å². The van der Waals surface area contributed by atoms with Gasteiger partial charge >= 0.3 is 5.82 Å². The molecule has 5 rings (SSSR count). The zero-order valence-corrected chi connectivity index (χ0v) is 14.3. The Morgan fingerprint density at radius 2 is 2.04 bits per heavy atom. The number of piperazine rings is 1. The molecular weight excluding hydrogens is 326 g/mol. The lowest BCUT2D eigenvalue weighted by molar-refractivity contribution is -0.389. The second-order valence-electron chi connectivity index (χ2n) is 7.34. The van der Waals surface area contributed by atoms with E-state index in [1.165, 1.54) is 37.0 Å². The van der Waals surface area contributed by atoms with Gasteiger partial charge in [-0.15, -0.1) is 0 Å². The lowest BCUT2D eigenvalue weighted by atomic mass is 9.93. The van der Waals surface area contributed by atoms with Crippen molar-refractivity contribution in [1.82, 2.24) is 14.3 Å². The molecule has 0 spiro atoms. The molecule has 7 nitrogen and oxygen atoms in total. The number of anilines is 1. The van der Waals surface area contributed by atoms with Crippen LogP contribution in [0.2, 0.25) is 0 Å². The van der Waals surface area contributed by atoms with Crippen LogP contribution in [0.3, 0.4) is 0 Å². The van der Waals surface area contributed by atoms with Gasteiger partial charge in [-0.3, -0.25) is 4.90 Å². The first-order valence-corrected chi connectivity index (χ1v) is 9.67. The van der Waals surface area contributed by atoms with Gasteiger partial charge in [-0.1, -0.05) is 17.8 Å². The average Bonchev–Trinajstić information content (AvgIpc) is 3.34. The number of hydrogen-bond donors (Lipinski definition) is 0. The van der Waals surface area contributed by atoms with E-state index in [1.54, 1.807) is 10.6 Å². The molecule has 2 saturated carbocycles. The maximum atomic E-state index is 11.5. The summed E-state index contributed by atoms with van der Waals surface area (Å²) in [6, 6.07) is 0.756. The molecule has 128 valence electrons. The Balaban J connectivity index is 1.34. The van der Waals surface area contributed by atoms with Crippen LogP contribution in [0.15, 0.2) is 11.6 Å². The minimum Gasteiger partial charge on any atom is -0.358 e. The number of nitro groups is 1. The first-order chi connectivity index (χ1) is 11.7. The van der Waals surface area contributed by atoms with Crippen LogP contribution in [-0.2, 0) is 0 Å². The summed E-state index contributed by atoms with van der Waals surface area (Å²) in [5.74, 6) is 2.51. The molecule has 24 heavy (non-hydrogen) atoms.